The molecule has 1 aliphatic heterocycles. The largest absolute Gasteiger partial charge is 0.497 e. The summed E-state index contributed by atoms with van der Waals surface area (Å²) >= 11 is 0. The van der Waals surface area contributed by atoms with E-state index in [0.717, 1.165) is 11.5 Å². The lowest BCUT2D eigenvalue weighted by Gasteiger charge is -2.08. The monoisotopic (exact) mass is 315 g/mol. The van der Waals surface area contributed by atoms with Crippen LogP contribution in [0.2, 0.25) is 0 Å². The number of methoxy groups -OCH3 is 1. The third-order valence-electron chi connectivity index (χ3n) is 3.35. The van der Waals surface area contributed by atoms with E-state index >= 15 is 0 Å². The van der Waals surface area contributed by atoms with Gasteiger partial charge in [-0.1, -0.05) is 0 Å². The minimum absolute atomic E-state index is 0.179. The first-order valence-corrected chi connectivity index (χ1v) is 7.21. The van der Waals surface area contributed by atoms with Crippen molar-refractivity contribution < 1.29 is 23.7 Å². The van der Waals surface area contributed by atoms with Crippen LogP contribution in [0.3, 0.4) is 0 Å². The lowest BCUT2D eigenvalue weighted by molar-refractivity contribution is 0.0946. The molecule has 120 valence electrons. The standard InChI is InChI=1S/C17H17NO5/c1-20-13-3-5-14(6-4-13)21-9-8-18-17(19)12-2-7-15-16(10-12)23-11-22-15/h2-7,10H,8-9,11H2,1H3,(H,18,19). The average Bonchev–Trinajstić information content (AvgIpc) is 3.06. The molecule has 0 bridgehead atoms. The van der Waals surface area contributed by atoms with Gasteiger partial charge in [-0.25, -0.2) is 0 Å². The minimum Gasteiger partial charge on any atom is -0.497 e. The van der Waals surface area contributed by atoms with Crippen LogP contribution in [0.1, 0.15) is 10.4 Å². The van der Waals surface area contributed by atoms with Gasteiger partial charge in [-0.15, -0.1) is 0 Å². The van der Waals surface area contributed by atoms with Gasteiger partial charge in [-0.3, -0.25) is 4.79 Å². The number of rotatable bonds is 6. The zero-order chi connectivity index (χ0) is 16.1. The average molecular weight is 315 g/mol. The quantitative estimate of drug-likeness (QED) is 0.828. The van der Waals surface area contributed by atoms with Crippen LogP contribution >= 0.6 is 0 Å². The summed E-state index contributed by atoms with van der Waals surface area (Å²) in [7, 11) is 1.61. The van der Waals surface area contributed by atoms with E-state index in [2.05, 4.69) is 5.32 Å². The Labute approximate surface area is 133 Å². The van der Waals surface area contributed by atoms with Gasteiger partial charge in [0, 0.05) is 5.56 Å². The molecule has 6 heteroatoms. The summed E-state index contributed by atoms with van der Waals surface area (Å²) in [6.07, 6.45) is 0. The number of ether oxygens (including phenoxy) is 4. The van der Waals surface area contributed by atoms with E-state index < -0.39 is 0 Å². The van der Waals surface area contributed by atoms with E-state index in [-0.39, 0.29) is 12.7 Å². The normalized spacial score (nSPS) is 11.9. The number of hydrogen-bond acceptors (Lipinski definition) is 5. The lowest BCUT2D eigenvalue weighted by Crippen LogP contribution is -2.28. The molecule has 23 heavy (non-hydrogen) atoms. The highest BCUT2D eigenvalue weighted by molar-refractivity contribution is 5.94. The topological polar surface area (TPSA) is 66.0 Å². The lowest BCUT2D eigenvalue weighted by atomic mass is 10.2. The van der Waals surface area contributed by atoms with Gasteiger partial charge >= 0.3 is 0 Å². The van der Waals surface area contributed by atoms with Gasteiger partial charge in [0.1, 0.15) is 18.1 Å². The maximum absolute atomic E-state index is 12.1. The maximum Gasteiger partial charge on any atom is 0.251 e. The first kappa shape index (κ1) is 15.0. The van der Waals surface area contributed by atoms with Crippen molar-refractivity contribution in [2.45, 2.75) is 0 Å². The molecule has 0 atom stereocenters. The summed E-state index contributed by atoms with van der Waals surface area (Å²) < 4.78 is 21.1. The van der Waals surface area contributed by atoms with E-state index in [9.17, 15) is 4.79 Å². The number of carbonyl (C=O) groups excluding carboxylic acids is 1. The van der Waals surface area contributed by atoms with Crippen LogP contribution in [0.4, 0.5) is 0 Å². The molecule has 0 aliphatic carbocycles. The van der Waals surface area contributed by atoms with Crippen molar-refractivity contribution in [1.82, 2.24) is 5.32 Å². The van der Waals surface area contributed by atoms with Gasteiger partial charge in [0.2, 0.25) is 6.79 Å². The SMILES string of the molecule is COc1ccc(OCCNC(=O)c2ccc3c(c2)OCO3)cc1. The second-order valence-electron chi connectivity index (χ2n) is 4.85. The Morgan fingerprint density at radius 2 is 1.83 bits per heavy atom. The molecular weight excluding hydrogens is 298 g/mol. The van der Waals surface area contributed by atoms with Gasteiger partial charge in [-0.2, -0.15) is 0 Å². The van der Waals surface area contributed by atoms with Crippen LogP contribution in [0.5, 0.6) is 23.0 Å². The Bertz CT molecular complexity index is 684. The number of nitrogens with one attached hydrogen (secondary N) is 1. The van der Waals surface area contributed by atoms with E-state index in [0.29, 0.717) is 30.2 Å². The Kier molecular flexibility index (Phi) is 4.52. The minimum atomic E-state index is -0.179. The molecule has 1 heterocycles. The molecule has 2 aromatic rings. The summed E-state index contributed by atoms with van der Waals surface area (Å²) in [4.78, 5) is 12.1. The summed E-state index contributed by atoms with van der Waals surface area (Å²) in [6.45, 7) is 0.970. The van der Waals surface area contributed by atoms with Gasteiger partial charge in [0.15, 0.2) is 11.5 Å². The predicted molar refractivity (Wildman–Crippen MR) is 83.4 cm³/mol. The predicted octanol–water partition coefficient (Wildman–Crippen LogP) is 2.23. The number of carbonyl (C=O) groups is 1. The number of hydrogen-bond donors (Lipinski definition) is 1. The van der Waals surface area contributed by atoms with Crippen LogP contribution < -0.4 is 24.3 Å². The smallest absolute Gasteiger partial charge is 0.251 e. The third-order valence-corrected chi connectivity index (χ3v) is 3.35. The molecule has 1 N–H and O–H groups in total. The molecule has 0 fully saturated rings. The molecule has 0 saturated carbocycles. The van der Waals surface area contributed by atoms with Crippen molar-refractivity contribution in [3.8, 4) is 23.0 Å². The second-order valence-corrected chi connectivity index (χ2v) is 4.85. The zero-order valence-corrected chi connectivity index (χ0v) is 12.7. The molecule has 3 rings (SSSR count). The van der Waals surface area contributed by atoms with Gasteiger partial charge in [0.25, 0.3) is 5.91 Å². The van der Waals surface area contributed by atoms with E-state index in [1.165, 1.54) is 0 Å². The molecule has 6 nitrogen and oxygen atoms in total. The molecular formula is C17H17NO5. The Morgan fingerprint density at radius 1 is 1.09 bits per heavy atom. The third kappa shape index (κ3) is 3.66. The van der Waals surface area contributed by atoms with Crippen molar-refractivity contribution in [2.75, 3.05) is 27.1 Å². The molecule has 2 aromatic carbocycles. The van der Waals surface area contributed by atoms with Crippen molar-refractivity contribution in [3.63, 3.8) is 0 Å². The van der Waals surface area contributed by atoms with Crippen LogP contribution in [0.15, 0.2) is 42.5 Å². The number of amides is 1. The van der Waals surface area contributed by atoms with Crippen LogP contribution in [-0.4, -0.2) is 33.0 Å². The Morgan fingerprint density at radius 3 is 2.61 bits per heavy atom. The van der Waals surface area contributed by atoms with Crippen molar-refractivity contribution >= 4 is 5.91 Å². The van der Waals surface area contributed by atoms with Crippen LogP contribution in [-0.2, 0) is 0 Å². The summed E-state index contributed by atoms with van der Waals surface area (Å²) in [6, 6.07) is 12.4. The van der Waals surface area contributed by atoms with Crippen LogP contribution in [0.25, 0.3) is 0 Å². The van der Waals surface area contributed by atoms with Crippen LogP contribution in [0, 0.1) is 0 Å². The van der Waals surface area contributed by atoms with Gasteiger partial charge < -0.3 is 24.3 Å². The molecule has 0 unspecified atom stereocenters. The highest BCUT2D eigenvalue weighted by atomic mass is 16.7. The van der Waals surface area contributed by atoms with Gasteiger partial charge in [0.05, 0.1) is 13.7 Å². The van der Waals surface area contributed by atoms with Crippen molar-refractivity contribution in [3.05, 3.63) is 48.0 Å². The highest BCUT2D eigenvalue weighted by Crippen LogP contribution is 2.32. The number of fused-ring (bicyclic) bond motifs is 1. The summed E-state index contributed by atoms with van der Waals surface area (Å²) in [5, 5.41) is 2.80. The molecule has 0 radical (unpaired) electrons. The fraction of sp³-hybridized carbons (Fsp3) is 0.235. The fourth-order valence-electron chi connectivity index (χ4n) is 2.15. The molecule has 1 aliphatic rings. The number of benzene rings is 2. The van der Waals surface area contributed by atoms with E-state index in [4.69, 9.17) is 18.9 Å². The molecule has 0 aromatic heterocycles. The molecule has 1 amide bonds. The first-order chi connectivity index (χ1) is 11.3. The Hall–Kier alpha value is -2.89. The molecule has 0 spiro atoms. The summed E-state index contributed by atoms with van der Waals surface area (Å²) in [5.41, 5.74) is 0.527. The van der Waals surface area contributed by atoms with E-state index in [1.807, 2.05) is 24.3 Å². The fourth-order valence-corrected chi connectivity index (χ4v) is 2.15. The summed E-state index contributed by atoms with van der Waals surface area (Å²) in [5.74, 6) is 2.56. The highest BCUT2D eigenvalue weighted by Gasteiger charge is 2.15. The van der Waals surface area contributed by atoms with E-state index in [1.54, 1.807) is 25.3 Å². The Balaban J connectivity index is 1.45. The first-order valence-electron chi connectivity index (χ1n) is 7.21. The maximum atomic E-state index is 12.1. The molecule has 0 saturated heterocycles. The second kappa shape index (κ2) is 6.91. The zero-order valence-electron chi connectivity index (χ0n) is 12.7. The van der Waals surface area contributed by atoms with Crippen molar-refractivity contribution in [2.24, 2.45) is 0 Å². The van der Waals surface area contributed by atoms with Crippen molar-refractivity contribution in [1.29, 1.82) is 0 Å². The van der Waals surface area contributed by atoms with Gasteiger partial charge in [-0.05, 0) is 42.5 Å².